The fourth-order valence-corrected chi connectivity index (χ4v) is 2.53. The van der Waals surface area contributed by atoms with Gasteiger partial charge in [-0.1, -0.05) is 48.0 Å². The molecule has 0 aliphatic rings. The van der Waals surface area contributed by atoms with E-state index in [0.717, 1.165) is 16.9 Å². The van der Waals surface area contributed by atoms with Crippen LogP contribution in [0.1, 0.15) is 47.3 Å². The lowest BCUT2D eigenvalue weighted by Gasteiger charge is -2.17. The van der Waals surface area contributed by atoms with Crippen molar-refractivity contribution in [2.75, 3.05) is 7.11 Å². The molecular weight excluding hydrogens is 302 g/mol. The van der Waals surface area contributed by atoms with Gasteiger partial charge in [0, 0.05) is 24.0 Å². The Balaban J connectivity index is 1.88. The largest absolute Gasteiger partial charge is 0.496 e. The van der Waals surface area contributed by atoms with E-state index in [-0.39, 0.29) is 30.6 Å². The highest BCUT2D eigenvalue weighted by Gasteiger charge is 2.15. The lowest BCUT2D eigenvalue weighted by molar-refractivity contribution is -0.121. The van der Waals surface area contributed by atoms with Crippen molar-refractivity contribution in [1.82, 2.24) is 5.32 Å². The molecule has 24 heavy (non-hydrogen) atoms. The van der Waals surface area contributed by atoms with E-state index in [1.807, 2.05) is 50.2 Å². The van der Waals surface area contributed by atoms with Crippen LogP contribution >= 0.6 is 0 Å². The molecule has 0 aliphatic heterocycles. The molecule has 2 aromatic rings. The monoisotopic (exact) mass is 325 g/mol. The number of nitrogens with one attached hydrogen (secondary N) is 1. The predicted molar refractivity (Wildman–Crippen MR) is 94.3 cm³/mol. The van der Waals surface area contributed by atoms with E-state index in [1.54, 1.807) is 19.2 Å². The zero-order valence-electron chi connectivity index (χ0n) is 14.3. The van der Waals surface area contributed by atoms with E-state index in [4.69, 9.17) is 4.74 Å². The summed E-state index contributed by atoms with van der Waals surface area (Å²) in [5, 5.41) is 2.92. The molecule has 0 radical (unpaired) electrons. The number of hydrogen-bond acceptors (Lipinski definition) is 3. The molecule has 0 heterocycles. The van der Waals surface area contributed by atoms with E-state index in [2.05, 4.69) is 5.32 Å². The zero-order valence-corrected chi connectivity index (χ0v) is 14.3. The predicted octanol–water partition coefficient (Wildman–Crippen LogP) is 3.84. The summed E-state index contributed by atoms with van der Waals surface area (Å²) in [5.74, 6) is 0.574. The number of amides is 1. The maximum Gasteiger partial charge on any atom is 0.220 e. The average molecular weight is 325 g/mol. The van der Waals surface area contributed by atoms with Gasteiger partial charge >= 0.3 is 0 Å². The first-order valence-electron chi connectivity index (χ1n) is 8.03. The third-order valence-corrected chi connectivity index (χ3v) is 3.94. The molecule has 4 nitrogen and oxygen atoms in total. The molecule has 4 heteroatoms. The second-order valence-corrected chi connectivity index (χ2v) is 5.82. The molecule has 2 rings (SSSR count). The first-order valence-corrected chi connectivity index (χ1v) is 8.03. The van der Waals surface area contributed by atoms with Gasteiger partial charge in [-0.2, -0.15) is 0 Å². The van der Waals surface area contributed by atoms with Crippen LogP contribution in [0.5, 0.6) is 5.75 Å². The lowest BCUT2D eigenvalue weighted by Crippen LogP contribution is -2.27. The van der Waals surface area contributed by atoms with Crippen molar-refractivity contribution < 1.29 is 14.3 Å². The number of benzene rings is 2. The summed E-state index contributed by atoms with van der Waals surface area (Å²) >= 11 is 0. The molecule has 0 bridgehead atoms. The maximum absolute atomic E-state index is 12.1. The Morgan fingerprint density at radius 3 is 2.38 bits per heavy atom. The van der Waals surface area contributed by atoms with Crippen molar-refractivity contribution in [2.24, 2.45) is 0 Å². The van der Waals surface area contributed by atoms with E-state index in [0.29, 0.717) is 5.56 Å². The van der Waals surface area contributed by atoms with Gasteiger partial charge in [0.25, 0.3) is 0 Å². The molecule has 126 valence electrons. The number of para-hydroxylation sites is 1. The Hall–Kier alpha value is -2.62. The highest BCUT2D eigenvalue weighted by atomic mass is 16.5. The van der Waals surface area contributed by atoms with Crippen molar-refractivity contribution in [3.8, 4) is 5.75 Å². The number of aryl methyl sites for hydroxylation is 1. The van der Waals surface area contributed by atoms with Crippen molar-refractivity contribution in [1.29, 1.82) is 0 Å². The van der Waals surface area contributed by atoms with Crippen LogP contribution in [-0.4, -0.2) is 18.8 Å². The van der Waals surface area contributed by atoms with Gasteiger partial charge in [0.15, 0.2) is 5.78 Å². The van der Waals surface area contributed by atoms with E-state index in [1.165, 1.54) is 0 Å². The molecule has 0 aliphatic carbocycles. The second-order valence-electron chi connectivity index (χ2n) is 5.82. The zero-order chi connectivity index (χ0) is 17.5. The van der Waals surface area contributed by atoms with Gasteiger partial charge < -0.3 is 10.1 Å². The number of carbonyl (C=O) groups excluding carboxylic acids is 2. The minimum atomic E-state index is -0.178. The third kappa shape index (κ3) is 4.69. The smallest absolute Gasteiger partial charge is 0.220 e. The highest BCUT2D eigenvalue weighted by Crippen LogP contribution is 2.24. The van der Waals surface area contributed by atoms with Gasteiger partial charge in [-0.3, -0.25) is 9.59 Å². The van der Waals surface area contributed by atoms with Crippen LogP contribution < -0.4 is 10.1 Å². The molecule has 1 amide bonds. The molecule has 1 atom stereocenters. The van der Waals surface area contributed by atoms with Crippen LogP contribution in [0.25, 0.3) is 0 Å². The van der Waals surface area contributed by atoms with Gasteiger partial charge in [-0.05, 0) is 19.9 Å². The highest BCUT2D eigenvalue weighted by molar-refractivity contribution is 5.98. The number of methoxy groups -OCH3 is 1. The van der Waals surface area contributed by atoms with Crippen molar-refractivity contribution in [3.63, 3.8) is 0 Å². The molecule has 1 N–H and O–H groups in total. The number of rotatable bonds is 7. The summed E-state index contributed by atoms with van der Waals surface area (Å²) in [7, 11) is 1.60. The molecule has 0 saturated carbocycles. The molecule has 0 spiro atoms. The SMILES string of the molecule is COc1ccccc1C(C)NC(=O)CCC(=O)c1ccc(C)cc1. The quantitative estimate of drug-likeness (QED) is 0.787. The van der Waals surface area contributed by atoms with Crippen LogP contribution in [0.15, 0.2) is 48.5 Å². The van der Waals surface area contributed by atoms with Crippen LogP contribution in [0.3, 0.4) is 0 Å². The topological polar surface area (TPSA) is 55.4 Å². The Bertz CT molecular complexity index is 707. The van der Waals surface area contributed by atoms with E-state index >= 15 is 0 Å². The molecular formula is C20H23NO3. The van der Waals surface area contributed by atoms with Crippen LogP contribution in [0, 0.1) is 6.92 Å². The van der Waals surface area contributed by atoms with Gasteiger partial charge in [0.05, 0.1) is 13.2 Å². The Kier molecular flexibility index (Phi) is 6.13. The van der Waals surface area contributed by atoms with Gasteiger partial charge in [-0.15, -0.1) is 0 Å². The first-order chi connectivity index (χ1) is 11.5. The number of Topliss-reactive ketones (excluding diaryl/α,β-unsaturated/α-hetero) is 1. The molecule has 2 aromatic carbocycles. The average Bonchev–Trinajstić information content (AvgIpc) is 2.60. The molecule has 0 fully saturated rings. The fraction of sp³-hybridized carbons (Fsp3) is 0.300. The molecule has 0 aromatic heterocycles. The Morgan fingerprint density at radius 1 is 1.04 bits per heavy atom. The van der Waals surface area contributed by atoms with Gasteiger partial charge in [0.2, 0.25) is 5.91 Å². The normalized spacial score (nSPS) is 11.6. The summed E-state index contributed by atoms with van der Waals surface area (Å²) in [6, 6.07) is 14.8. The minimum Gasteiger partial charge on any atom is -0.496 e. The van der Waals surface area contributed by atoms with Crippen molar-refractivity contribution in [3.05, 3.63) is 65.2 Å². The number of ether oxygens (including phenoxy) is 1. The summed E-state index contributed by atoms with van der Waals surface area (Å²) in [6.07, 6.45) is 0.375. The number of carbonyl (C=O) groups is 2. The van der Waals surface area contributed by atoms with Crippen LogP contribution in [0.2, 0.25) is 0 Å². The summed E-state index contributed by atoms with van der Waals surface area (Å²) < 4.78 is 5.31. The molecule has 1 unspecified atom stereocenters. The van der Waals surface area contributed by atoms with Gasteiger partial charge in [0.1, 0.15) is 5.75 Å². The Labute approximate surface area is 142 Å². The second kappa shape index (κ2) is 8.29. The first kappa shape index (κ1) is 17.7. The third-order valence-electron chi connectivity index (χ3n) is 3.94. The van der Waals surface area contributed by atoms with Crippen molar-refractivity contribution in [2.45, 2.75) is 32.7 Å². The van der Waals surface area contributed by atoms with E-state index in [9.17, 15) is 9.59 Å². The standard InChI is InChI=1S/C20H23NO3/c1-14-8-10-16(11-9-14)18(22)12-13-20(23)21-15(2)17-6-4-5-7-19(17)24-3/h4-11,15H,12-13H2,1-3H3,(H,21,23). The summed E-state index contributed by atoms with van der Waals surface area (Å²) in [4.78, 5) is 24.2. The number of hydrogen-bond donors (Lipinski definition) is 1. The lowest BCUT2D eigenvalue weighted by atomic mass is 10.0. The Morgan fingerprint density at radius 2 is 1.71 bits per heavy atom. The van der Waals surface area contributed by atoms with Crippen LogP contribution in [0.4, 0.5) is 0 Å². The number of ketones is 1. The van der Waals surface area contributed by atoms with E-state index < -0.39 is 0 Å². The molecule has 0 saturated heterocycles. The minimum absolute atomic E-state index is 0.0184. The fourth-order valence-electron chi connectivity index (χ4n) is 2.53. The summed E-state index contributed by atoms with van der Waals surface area (Å²) in [6.45, 7) is 3.87. The van der Waals surface area contributed by atoms with Crippen molar-refractivity contribution >= 4 is 11.7 Å². The van der Waals surface area contributed by atoms with Crippen LogP contribution in [-0.2, 0) is 4.79 Å². The maximum atomic E-state index is 12.1. The summed E-state index contributed by atoms with van der Waals surface area (Å²) in [5.41, 5.74) is 2.67. The van der Waals surface area contributed by atoms with Gasteiger partial charge in [-0.25, -0.2) is 0 Å².